The second kappa shape index (κ2) is 9.42. The van der Waals surface area contributed by atoms with Crippen LogP contribution >= 0.6 is 0 Å². The Hall–Kier alpha value is -2.29. The van der Waals surface area contributed by atoms with Crippen molar-refractivity contribution >= 4 is 17.5 Å². The smallest absolute Gasteiger partial charge is 0.369 e. The molecule has 1 heterocycles. The average Bonchev–Trinajstić information content (AvgIpc) is 2.63. The van der Waals surface area contributed by atoms with Crippen LogP contribution in [-0.2, 0) is 9.59 Å². The van der Waals surface area contributed by atoms with Gasteiger partial charge in [-0.2, -0.15) is 13.2 Å². The number of hydrogen-bond acceptors (Lipinski definition) is 4. The van der Waals surface area contributed by atoms with Gasteiger partial charge < -0.3 is 15.5 Å². The lowest BCUT2D eigenvalue weighted by Gasteiger charge is -2.36. The molecule has 1 aromatic rings. The Labute approximate surface area is 150 Å². The van der Waals surface area contributed by atoms with E-state index in [1.54, 1.807) is 5.32 Å². The van der Waals surface area contributed by atoms with E-state index in [4.69, 9.17) is 0 Å². The molecule has 0 bridgehead atoms. The van der Waals surface area contributed by atoms with Crippen LogP contribution in [0.25, 0.3) is 0 Å². The summed E-state index contributed by atoms with van der Waals surface area (Å²) in [6.07, 6.45) is -3.90. The van der Waals surface area contributed by atoms with Crippen LogP contribution in [0.2, 0.25) is 0 Å². The molecule has 1 aromatic carbocycles. The number of piperazine rings is 1. The van der Waals surface area contributed by atoms with E-state index in [-0.39, 0.29) is 6.54 Å². The molecule has 1 fully saturated rings. The average molecular weight is 372 g/mol. The molecule has 6 nitrogen and oxygen atoms in total. The van der Waals surface area contributed by atoms with Crippen LogP contribution in [0.1, 0.15) is 6.42 Å². The Morgan fingerprint density at radius 3 is 2.19 bits per heavy atom. The van der Waals surface area contributed by atoms with Crippen molar-refractivity contribution in [2.75, 3.05) is 50.7 Å². The molecule has 2 N–H and O–H groups in total. The monoisotopic (exact) mass is 372 g/mol. The fourth-order valence-electron chi connectivity index (χ4n) is 2.71. The Kier molecular flexibility index (Phi) is 7.26. The fraction of sp³-hybridized carbons (Fsp3) is 0.529. The maximum absolute atomic E-state index is 12.0. The van der Waals surface area contributed by atoms with Crippen molar-refractivity contribution in [3.05, 3.63) is 30.3 Å². The standard InChI is InChI=1S/C17H23F3N4O2/c18-17(19,20)13-22-16(26)15(25)21-7-4-8-23-9-11-24(12-10-23)14-5-2-1-3-6-14/h1-3,5-6H,4,7-13H2,(H,21,25)(H,22,26). The second-order valence-corrected chi connectivity index (χ2v) is 6.07. The number of halogens is 3. The first-order valence-corrected chi connectivity index (χ1v) is 8.50. The van der Waals surface area contributed by atoms with Gasteiger partial charge in [-0.15, -0.1) is 0 Å². The Morgan fingerprint density at radius 1 is 0.962 bits per heavy atom. The van der Waals surface area contributed by atoms with E-state index in [1.165, 1.54) is 5.69 Å². The molecule has 0 spiro atoms. The van der Waals surface area contributed by atoms with Gasteiger partial charge >= 0.3 is 18.0 Å². The summed E-state index contributed by atoms with van der Waals surface area (Å²) in [6.45, 7) is 3.12. The van der Waals surface area contributed by atoms with Crippen molar-refractivity contribution in [2.24, 2.45) is 0 Å². The van der Waals surface area contributed by atoms with Gasteiger partial charge in [0.15, 0.2) is 0 Å². The highest BCUT2D eigenvalue weighted by Gasteiger charge is 2.29. The van der Waals surface area contributed by atoms with Gasteiger partial charge in [0.25, 0.3) is 0 Å². The number of alkyl halides is 3. The summed E-state index contributed by atoms with van der Waals surface area (Å²) in [7, 11) is 0. The molecule has 9 heteroatoms. The minimum atomic E-state index is -4.53. The largest absolute Gasteiger partial charge is 0.405 e. The first kappa shape index (κ1) is 20.0. The molecule has 2 rings (SSSR count). The zero-order valence-corrected chi connectivity index (χ0v) is 14.4. The summed E-state index contributed by atoms with van der Waals surface area (Å²) in [5, 5.41) is 3.88. The number of rotatable bonds is 6. The first-order chi connectivity index (χ1) is 12.3. The van der Waals surface area contributed by atoms with Crippen LogP contribution in [-0.4, -0.2) is 68.7 Å². The van der Waals surface area contributed by atoms with Crippen LogP contribution in [0.3, 0.4) is 0 Å². The zero-order valence-electron chi connectivity index (χ0n) is 14.4. The molecule has 0 aromatic heterocycles. The maximum Gasteiger partial charge on any atom is 0.405 e. The third kappa shape index (κ3) is 6.91. The number of carbonyl (C=O) groups is 2. The molecular formula is C17H23F3N4O2. The van der Waals surface area contributed by atoms with E-state index in [0.29, 0.717) is 6.42 Å². The van der Waals surface area contributed by atoms with Crippen LogP contribution in [0, 0.1) is 0 Å². The zero-order chi connectivity index (χ0) is 19.0. The molecular weight excluding hydrogens is 349 g/mol. The molecule has 1 saturated heterocycles. The third-order valence-electron chi connectivity index (χ3n) is 4.09. The van der Waals surface area contributed by atoms with Crippen molar-refractivity contribution in [2.45, 2.75) is 12.6 Å². The Morgan fingerprint density at radius 2 is 1.58 bits per heavy atom. The highest BCUT2D eigenvalue weighted by atomic mass is 19.4. The SMILES string of the molecule is O=C(NCCCN1CCN(c2ccccc2)CC1)C(=O)NCC(F)(F)F. The number of hydrogen-bond donors (Lipinski definition) is 2. The van der Waals surface area contributed by atoms with Gasteiger partial charge in [0.05, 0.1) is 0 Å². The predicted molar refractivity (Wildman–Crippen MR) is 91.8 cm³/mol. The predicted octanol–water partition coefficient (Wildman–Crippen LogP) is 0.993. The number of anilines is 1. The number of para-hydroxylation sites is 1. The van der Waals surface area contributed by atoms with Gasteiger partial charge in [-0.1, -0.05) is 18.2 Å². The van der Waals surface area contributed by atoms with Crippen molar-refractivity contribution in [1.29, 1.82) is 0 Å². The van der Waals surface area contributed by atoms with Gasteiger partial charge in [0, 0.05) is 38.4 Å². The molecule has 0 atom stereocenters. The highest BCUT2D eigenvalue weighted by molar-refractivity contribution is 6.35. The van der Waals surface area contributed by atoms with E-state index in [9.17, 15) is 22.8 Å². The summed E-state index contributed by atoms with van der Waals surface area (Å²) in [5.74, 6) is -2.30. The topological polar surface area (TPSA) is 64.7 Å². The van der Waals surface area contributed by atoms with E-state index in [2.05, 4.69) is 27.2 Å². The quantitative estimate of drug-likeness (QED) is 0.578. The molecule has 2 amide bonds. The third-order valence-corrected chi connectivity index (χ3v) is 4.09. The summed E-state index contributed by atoms with van der Waals surface area (Å²) >= 11 is 0. The molecule has 0 unspecified atom stereocenters. The van der Waals surface area contributed by atoms with E-state index >= 15 is 0 Å². The van der Waals surface area contributed by atoms with Gasteiger partial charge in [-0.05, 0) is 25.1 Å². The molecule has 0 saturated carbocycles. The second-order valence-electron chi connectivity index (χ2n) is 6.07. The first-order valence-electron chi connectivity index (χ1n) is 8.50. The molecule has 0 radical (unpaired) electrons. The number of nitrogens with one attached hydrogen (secondary N) is 2. The van der Waals surface area contributed by atoms with Crippen molar-refractivity contribution in [1.82, 2.24) is 15.5 Å². The van der Waals surface area contributed by atoms with Gasteiger partial charge in [-0.25, -0.2) is 0 Å². The molecule has 0 aliphatic carbocycles. The van der Waals surface area contributed by atoms with Gasteiger partial charge in [0.2, 0.25) is 0 Å². The van der Waals surface area contributed by atoms with Crippen LogP contribution in [0.15, 0.2) is 30.3 Å². The summed E-state index contributed by atoms with van der Waals surface area (Å²) in [5.41, 5.74) is 1.20. The Balaban J connectivity index is 1.58. The summed E-state index contributed by atoms with van der Waals surface area (Å²) < 4.78 is 35.9. The fourth-order valence-corrected chi connectivity index (χ4v) is 2.71. The lowest BCUT2D eigenvalue weighted by Crippen LogP contribution is -2.47. The van der Waals surface area contributed by atoms with E-state index in [1.807, 2.05) is 18.2 Å². The Bertz CT molecular complexity index is 587. The van der Waals surface area contributed by atoms with Crippen LogP contribution in [0.5, 0.6) is 0 Å². The lowest BCUT2D eigenvalue weighted by molar-refractivity contribution is -0.146. The normalized spacial score (nSPS) is 15.6. The van der Waals surface area contributed by atoms with Gasteiger partial charge in [-0.3, -0.25) is 14.5 Å². The van der Waals surface area contributed by atoms with E-state index in [0.717, 1.165) is 32.7 Å². The van der Waals surface area contributed by atoms with Crippen LogP contribution in [0.4, 0.5) is 18.9 Å². The lowest BCUT2D eigenvalue weighted by atomic mass is 10.2. The molecule has 1 aliphatic rings. The van der Waals surface area contributed by atoms with E-state index < -0.39 is 24.5 Å². The molecule has 26 heavy (non-hydrogen) atoms. The number of nitrogens with zero attached hydrogens (tertiary/aromatic N) is 2. The minimum Gasteiger partial charge on any atom is -0.369 e. The summed E-state index contributed by atoms with van der Waals surface area (Å²) in [4.78, 5) is 27.2. The molecule has 144 valence electrons. The summed E-state index contributed by atoms with van der Waals surface area (Å²) in [6, 6.07) is 10.2. The number of carbonyl (C=O) groups excluding carboxylic acids is 2. The van der Waals surface area contributed by atoms with Crippen molar-refractivity contribution < 1.29 is 22.8 Å². The van der Waals surface area contributed by atoms with Crippen molar-refractivity contribution in [3.63, 3.8) is 0 Å². The maximum atomic E-state index is 12.0. The number of amides is 2. The highest BCUT2D eigenvalue weighted by Crippen LogP contribution is 2.15. The van der Waals surface area contributed by atoms with Crippen LogP contribution < -0.4 is 15.5 Å². The molecule has 1 aliphatic heterocycles. The number of benzene rings is 1. The minimum absolute atomic E-state index is 0.247. The van der Waals surface area contributed by atoms with Gasteiger partial charge in [0.1, 0.15) is 6.54 Å². The van der Waals surface area contributed by atoms with Crippen molar-refractivity contribution in [3.8, 4) is 0 Å².